The molecule has 1 aliphatic heterocycles. The van der Waals surface area contributed by atoms with E-state index in [1.165, 1.54) is 31.4 Å². The minimum Gasteiger partial charge on any atom is -0.309 e. The first kappa shape index (κ1) is 8.75. The van der Waals surface area contributed by atoms with Crippen molar-refractivity contribution in [2.24, 2.45) is 5.41 Å². The van der Waals surface area contributed by atoms with Gasteiger partial charge in [0.1, 0.15) is 0 Å². The normalized spacial score (nSPS) is 28.2. The molecule has 74 valence electrons. The summed E-state index contributed by atoms with van der Waals surface area (Å²) in [5.74, 6) is 0. The molecular formula is C12H14ClN. The Bertz CT molecular complexity index is 352. The van der Waals surface area contributed by atoms with E-state index in [-0.39, 0.29) is 0 Å². The minimum atomic E-state index is 0.565. The van der Waals surface area contributed by atoms with Crippen LogP contribution >= 0.6 is 11.6 Å². The summed E-state index contributed by atoms with van der Waals surface area (Å²) in [4.78, 5) is 0. The molecule has 1 heterocycles. The van der Waals surface area contributed by atoms with E-state index in [0.29, 0.717) is 11.5 Å². The van der Waals surface area contributed by atoms with Crippen LogP contribution in [0.3, 0.4) is 0 Å². The summed E-state index contributed by atoms with van der Waals surface area (Å²) in [5, 5.41) is 4.38. The van der Waals surface area contributed by atoms with Crippen LogP contribution in [0.4, 0.5) is 0 Å². The van der Waals surface area contributed by atoms with Gasteiger partial charge in [-0.05, 0) is 30.5 Å². The van der Waals surface area contributed by atoms with Gasteiger partial charge in [-0.15, -0.1) is 0 Å². The number of hydrogen-bond acceptors (Lipinski definition) is 1. The zero-order valence-electron chi connectivity index (χ0n) is 8.09. The number of hydrogen-bond donors (Lipinski definition) is 1. The monoisotopic (exact) mass is 207 g/mol. The fourth-order valence-electron chi connectivity index (χ4n) is 2.75. The summed E-state index contributed by atoms with van der Waals surface area (Å²) in [6.45, 7) is 1.20. The molecule has 1 aromatic rings. The summed E-state index contributed by atoms with van der Waals surface area (Å²) in [7, 11) is 0. The third-order valence-electron chi connectivity index (χ3n) is 3.80. The van der Waals surface area contributed by atoms with Crippen molar-refractivity contribution in [1.29, 1.82) is 0 Å². The van der Waals surface area contributed by atoms with Crippen LogP contribution in [0, 0.1) is 5.41 Å². The standard InChI is InChI=1S/C12H14ClN/c13-10-4-1-3-9(7-10)11-12(8-14-11)5-2-6-12/h1,3-4,7,11,14H,2,5-6,8H2. The maximum absolute atomic E-state index is 6.00. The van der Waals surface area contributed by atoms with Crippen LogP contribution in [-0.4, -0.2) is 6.54 Å². The molecule has 0 aromatic heterocycles. The van der Waals surface area contributed by atoms with Crippen LogP contribution < -0.4 is 5.32 Å². The summed E-state index contributed by atoms with van der Waals surface area (Å²) >= 11 is 6.00. The van der Waals surface area contributed by atoms with Crippen molar-refractivity contribution in [2.75, 3.05) is 6.54 Å². The number of rotatable bonds is 1. The highest BCUT2D eigenvalue weighted by atomic mass is 35.5. The van der Waals surface area contributed by atoms with Gasteiger partial charge in [0.2, 0.25) is 0 Å². The van der Waals surface area contributed by atoms with E-state index in [4.69, 9.17) is 11.6 Å². The average Bonchev–Trinajstić information content (AvgIpc) is 1.99. The zero-order chi connectivity index (χ0) is 9.60. The molecule has 1 N–H and O–H groups in total. The molecule has 2 fully saturated rings. The lowest BCUT2D eigenvalue weighted by Crippen LogP contribution is -2.59. The third-order valence-corrected chi connectivity index (χ3v) is 4.04. The van der Waals surface area contributed by atoms with E-state index in [1.807, 2.05) is 12.1 Å². The second-order valence-corrected chi connectivity index (χ2v) is 5.02. The topological polar surface area (TPSA) is 12.0 Å². The molecule has 0 bridgehead atoms. The predicted octanol–water partition coefficient (Wildman–Crippen LogP) is 3.15. The molecule has 14 heavy (non-hydrogen) atoms. The van der Waals surface area contributed by atoms with Crippen LogP contribution in [0.2, 0.25) is 5.02 Å². The van der Waals surface area contributed by atoms with Crippen LogP contribution in [0.25, 0.3) is 0 Å². The second kappa shape index (κ2) is 2.98. The molecule has 1 spiro atoms. The molecule has 1 saturated heterocycles. The lowest BCUT2D eigenvalue weighted by Gasteiger charge is -2.57. The Balaban J connectivity index is 1.89. The highest BCUT2D eigenvalue weighted by Gasteiger charge is 2.50. The number of halogens is 1. The Morgan fingerprint density at radius 1 is 1.36 bits per heavy atom. The van der Waals surface area contributed by atoms with Gasteiger partial charge in [-0.2, -0.15) is 0 Å². The van der Waals surface area contributed by atoms with E-state index < -0.39 is 0 Å². The Kier molecular flexibility index (Phi) is 1.86. The van der Waals surface area contributed by atoms with Gasteiger partial charge in [0.25, 0.3) is 0 Å². The van der Waals surface area contributed by atoms with Crippen LogP contribution in [0.5, 0.6) is 0 Å². The molecule has 1 aliphatic carbocycles. The Labute approximate surface area is 89.5 Å². The van der Waals surface area contributed by atoms with Crippen LogP contribution in [-0.2, 0) is 0 Å². The molecule has 0 amide bonds. The van der Waals surface area contributed by atoms with E-state index in [0.717, 1.165) is 5.02 Å². The van der Waals surface area contributed by atoms with E-state index in [9.17, 15) is 0 Å². The molecule has 1 saturated carbocycles. The maximum Gasteiger partial charge on any atom is 0.0409 e. The first-order valence-electron chi connectivity index (χ1n) is 5.29. The lowest BCUT2D eigenvalue weighted by molar-refractivity contribution is -0.00564. The number of benzene rings is 1. The average molecular weight is 208 g/mol. The molecule has 1 atom stereocenters. The predicted molar refractivity (Wildman–Crippen MR) is 58.5 cm³/mol. The van der Waals surface area contributed by atoms with Gasteiger partial charge in [-0.3, -0.25) is 0 Å². The van der Waals surface area contributed by atoms with Crippen molar-refractivity contribution in [3.8, 4) is 0 Å². The molecule has 2 heteroatoms. The molecule has 1 unspecified atom stereocenters. The summed E-state index contributed by atoms with van der Waals surface area (Å²) in [5.41, 5.74) is 1.95. The Hall–Kier alpha value is -0.530. The van der Waals surface area contributed by atoms with Crippen molar-refractivity contribution < 1.29 is 0 Å². The molecular weight excluding hydrogens is 194 g/mol. The largest absolute Gasteiger partial charge is 0.309 e. The van der Waals surface area contributed by atoms with Crippen molar-refractivity contribution in [3.63, 3.8) is 0 Å². The molecule has 2 aliphatic rings. The van der Waals surface area contributed by atoms with Crippen LogP contribution in [0.1, 0.15) is 30.9 Å². The quantitative estimate of drug-likeness (QED) is 0.746. The Morgan fingerprint density at radius 2 is 2.21 bits per heavy atom. The molecule has 1 aromatic carbocycles. The molecule has 0 radical (unpaired) electrons. The smallest absolute Gasteiger partial charge is 0.0409 e. The summed E-state index contributed by atoms with van der Waals surface area (Å²) < 4.78 is 0. The van der Waals surface area contributed by atoms with Gasteiger partial charge in [-0.1, -0.05) is 30.2 Å². The fourth-order valence-corrected chi connectivity index (χ4v) is 2.95. The van der Waals surface area contributed by atoms with Crippen molar-refractivity contribution in [1.82, 2.24) is 5.32 Å². The second-order valence-electron chi connectivity index (χ2n) is 4.58. The first-order chi connectivity index (χ1) is 6.80. The van der Waals surface area contributed by atoms with E-state index in [2.05, 4.69) is 17.4 Å². The highest BCUT2D eigenvalue weighted by molar-refractivity contribution is 6.30. The summed E-state index contributed by atoms with van der Waals surface area (Å²) in [6.07, 6.45) is 4.17. The Morgan fingerprint density at radius 3 is 2.71 bits per heavy atom. The fraction of sp³-hybridized carbons (Fsp3) is 0.500. The van der Waals surface area contributed by atoms with Gasteiger partial charge in [0.05, 0.1) is 0 Å². The van der Waals surface area contributed by atoms with E-state index >= 15 is 0 Å². The zero-order valence-corrected chi connectivity index (χ0v) is 8.85. The first-order valence-corrected chi connectivity index (χ1v) is 5.67. The van der Waals surface area contributed by atoms with Gasteiger partial charge in [0.15, 0.2) is 0 Å². The minimum absolute atomic E-state index is 0.565. The molecule has 3 rings (SSSR count). The van der Waals surface area contributed by atoms with Crippen LogP contribution in [0.15, 0.2) is 24.3 Å². The van der Waals surface area contributed by atoms with Crippen molar-refractivity contribution in [2.45, 2.75) is 25.3 Å². The maximum atomic E-state index is 6.00. The van der Waals surface area contributed by atoms with E-state index in [1.54, 1.807) is 0 Å². The van der Waals surface area contributed by atoms with Gasteiger partial charge >= 0.3 is 0 Å². The third kappa shape index (κ3) is 1.12. The van der Waals surface area contributed by atoms with Crippen molar-refractivity contribution in [3.05, 3.63) is 34.9 Å². The van der Waals surface area contributed by atoms with Gasteiger partial charge in [0, 0.05) is 23.0 Å². The SMILES string of the molecule is Clc1cccc(C2NCC23CCC3)c1. The van der Waals surface area contributed by atoms with Gasteiger partial charge in [-0.25, -0.2) is 0 Å². The lowest BCUT2D eigenvalue weighted by atomic mass is 9.58. The van der Waals surface area contributed by atoms with Gasteiger partial charge < -0.3 is 5.32 Å². The van der Waals surface area contributed by atoms with Crippen molar-refractivity contribution >= 4 is 11.6 Å². The molecule has 1 nitrogen and oxygen atoms in total. The summed E-state index contributed by atoms with van der Waals surface area (Å²) in [6, 6.07) is 8.83. The highest BCUT2D eigenvalue weighted by Crippen LogP contribution is 2.55. The number of nitrogens with one attached hydrogen (secondary N) is 1.